The van der Waals surface area contributed by atoms with E-state index >= 15 is 0 Å². The number of hydrogen-bond donors (Lipinski definition) is 0. The summed E-state index contributed by atoms with van der Waals surface area (Å²) in [4.78, 5) is 25.7. The minimum atomic E-state index is -0.252. The number of para-hydroxylation sites is 2. The van der Waals surface area contributed by atoms with Gasteiger partial charge in [0.2, 0.25) is 5.95 Å². The van der Waals surface area contributed by atoms with E-state index < -0.39 is 0 Å². The molecule has 0 N–H and O–H groups in total. The molecule has 1 unspecified atom stereocenters. The van der Waals surface area contributed by atoms with Crippen molar-refractivity contribution >= 4 is 23.5 Å². The molecule has 2 aliphatic heterocycles. The van der Waals surface area contributed by atoms with E-state index in [9.17, 15) is 4.79 Å². The first-order chi connectivity index (χ1) is 13.7. The predicted molar refractivity (Wildman–Crippen MR) is 106 cm³/mol. The van der Waals surface area contributed by atoms with Crippen molar-refractivity contribution in [3.05, 3.63) is 41.2 Å². The van der Waals surface area contributed by atoms with Gasteiger partial charge in [-0.15, -0.1) is 0 Å². The largest absolute Gasteiger partial charge is 0.486 e. The molecular weight excluding hydrogens is 380 g/mol. The molecule has 2 aliphatic rings. The molecule has 0 aliphatic carbocycles. The SMILES string of the molecule is CCN(CC1COc2ccccc2O1)C(=O)c1nc(N2CCCC2)ncc1Cl. The minimum Gasteiger partial charge on any atom is -0.486 e. The molecule has 0 bridgehead atoms. The molecule has 0 saturated carbocycles. The van der Waals surface area contributed by atoms with Crippen LogP contribution >= 0.6 is 11.6 Å². The van der Waals surface area contributed by atoms with Crippen LogP contribution in [-0.4, -0.2) is 59.7 Å². The number of anilines is 1. The highest BCUT2D eigenvalue weighted by Crippen LogP contribution is 2.31. The summed E-state index contributed by atoms with van der Waals surface area (Å²) in [7, 11) is 0. The van der Waals surface area contributed by atoms with Crippen LogP contribution in [-0.2, 0) is 0 Å². The summed E-state index contributed by atoms with van der Waals surface area (Å²) in [5, 5.41) is 0.262. The van der Waals surface area contributed by atoms with Gasteiger partial charge in [0.15, 0.2) is 23.3 Å². The Hall–Kier alpha value is -2.54. The molecule has 1 aromatic carbocycles. The zero-order valence-electron chi connectivity index (χ0n) is 15.8. The molecule has 1 aromatic heterocycles. The standard InChI is InChI=1S/C20H23ClN4O3/c1-2-24(12-14-13-27-16-7-3-4-8-17(16)28-14)19(26)18-15(21)11-22-20(23-18)25-9-5-6-10-25/h3-4,7-8,11,14H,2,5-6,9-10,12-13H2,1H3. The zero-order valence-corrected chi connectivity index (χ0v) is 16.6. The molecule has 1 saturated heterocycles. The average Bonchev–Trinajstić information content (AvgIpc) is 3.26. The Morgan fingerprint density at radius 2 is 2.04 bits per heavy atom. The van der Waals surface area contributed by atoms with Gasteiger partial charge >= 0.3 is 0 Å². The first-order valence-electron chi connectivity index (χ1n) is 9.61. The zero-order chi connectivity index (χ0) is 19.5. The maximum Gasteiger partial charge on any atom is 0.274 e. The first kappa shape index (κ1) is 18.8. The van der Waals surface area contributed by atoms with Gasteiger partial charge in [0.05, 0.1) is 17.8 Å². The second-order valence-electron chi connectivity index (χ2n) is 6.90. The van der Waals surface area contributed by atoms with Crippen LogP contribution in [0.5, 0.6) is 11.5 Å². The van der Waals surface area contributed by atoms with Crippen molar-refractivity contribution < 1.29 is 14.3 Å². The van der Waals surface area contributed by atoms with Crippen LogP contribution in [0, 0.1) is 0 Å². The van der Waals surface area contributed by atoms with Gasteiger partial charge in [-0.3, -0.25) is 4.79 Å². The lowest BCUT2D eigenvalue weighted by molar-refractivity contribution is 0.0471. The molecule has 1 fully saturated rings. The number of ether oxygens (including phenoxy) is 2. The lowest BCUT2D eigenvalue weighted by Gasteiger charge is -2.31. The second kappa shape index (κ2) is 8.22. The van der Waals surface area contributed by atoms with E-state index in [-0.39, 0.29) is 22.7 Å². The molecule has 3 heterocycles. The van der Waals surface area contributed by atoms with Crippen LogP contribution in [0.25, 0.3) is 0 Å². The molecule has 4 rings (SSSR count). The Balaban J connectivity index is 1.49. The van der Waals surface area contributed by atoms with Gasteiger partial charge < -0.3 is 19.3 Å². The van der Waals surface area contributed by atoms with E-state index in [0.29, 0.717) is 31.4 Å². The molecule has 148 valence electrons. The molecule has 2 aromatic rings. The monoisotopic (exact) mass is 402 g/mol. The fourth-order valence-corrected chi connectivity index (χ4v) is 3.65. The van der Waals surface area contributed by atoms with E-state index in [1.54, 1.807) is 4.90 Å². The average molecular weight is 403 g/mol. The summed E-state index contributed by atoms with van der Waals surface area (Å²) >= 11 is 6.26. The Labute approximate surface area is 169 Å². The normalized spacial score (nSPS) is 18.2. The van der Waals surface area contributed by atoms with Crippen LogP contribution in [0.1, 0.15) is 30.3 Å². The predicted octanol–water partition coefficient (Wildman–Crippen LogP) is 3.03. The Bertz CT molecular complexity index is 857. The summed E-state index contributed by atoms with van der Waals surface area (Å²) in [5.41, 5.74) is 0.234. The Kier molecular flexibility index (Phi) is 5.52. The van der Waals surface area contributed by atoms with Crippen molar-refractivity contribution in [1.82, 2.24) is 14.9 Å². The third kappa shape index (κ3) is 3.85. The fraction of sp³-hybridized carbons (Fsp3) is 0.450. The van der Waals surface area contributed by atoms with Crippen molar-refractivity contribution in [2.45, 2.75) is 25.9 Å². The van der Waals surface area contributed by atoms with E-state index in [2.05, 4.69) is 14.9 Å². The van der Waals surface area contributed by atoms with Crippen molar-refractivity contribution in [3.8, 4) is 11.5 Å². The highest BCUT2D eigenvalue weighted by molar-refractivity contribution is 6.33. The Morgan fingerprint density at radius 1 is 1.29 bits per heavy atom. The third-order valence-electron chi connectivity index (χ3n) is 4.98. The van der Waals surface area contributed by atoms with Crippen LogP contribution < -0.4 is 14.4 Å². The number of fused-ring (bicyclic) bond motifs is 1. The van der Waals surface area contributed by atoms with Gasteiger partial charge in [-0.25, -0.2) is 9.97 Å². The first-order valence-corrected chi connectivity index (χ1v) is 9.98. The number of hydrogen-bond acceptors (Lipinski definition) is 6. The summed E-state index contributed by atoms with van der Waals surface area (Å²) in [6.45, 7) is 5.02. The van der Waals surface area contributed by atoms with E-state index in [4.69, 9.17) is 21.1 Å². The lowest BCUT2D eigenvalue weighted by atomic mass is 10.2. The number of rotatable bonds is 5. The maximum atomic E-state index is 13.1. The van der Waals surface area contributed by atoms with Crippen LogP contribution in [0.3, 0.4) is 0 Å². The van der Waals surface area contributed by atoms with Gasteiger partial charge in [0, 0.05) is 19.6 Å². The van der Waals surface area contributed by atoms with E-state index in [1.807, 2.05) is 31.2 Å². The minimum absolute atomic E-state index is 0.224. The number of benzene rings is 1. The molecular formula is C20H23ClN4O3. The summed E-state index contributed by atoms with van der Waals surface area (Å²) in [6, 6.07) is 7.53. The Morgan fingerprint density at radius 3 is 2.79 bits per heavy atom. The molecule has 8 heteroatoms. The van der Waals surface area contributed by atoms with E-state index in [0.717, 1.165) is 31.7 Å². The molecule has 28 heavy (non-hydrogen) atoms. The second-order valence-corrected chi connectivity index (χ2v) is 7.31. The van der Waals surface area contributed by atoms with Crippen molar-refractivity contribution in [1.29, 1.82) is 0 Å². The van der Waals surface area contributed by atoms with Gasteiger partial charge in [-0.2, -0.15) is 0 Å². The molecule has 7 nitrogen and oxygen atoms in total. The van der Waals surface area contributed by atoms with Crippen LogP contribution in [0.15, 0.2) is 30.5 Å². The fourth-order valence-electron chi connectivity index (χ4n) is 3.48. The molecule has 1 atom stereocenters. The van der Waals surface area contributed by atoms with Crippen LogP contribution in [0.4, 0.5) is 5.95 Å². The van der Waals surface area contributed by atoms with Gasteiger partial charge in [0.25, 0.3) is 5.91 Å². The number of aromatic nitrogens is 2. The highest BCUT2D eigenvalue weighted by Gasteiger charge is 2.28. The highest BCUT2D eigenvalue weighted by atomic mass is 35.5. The molecule has 1 amide bonds. The number of carbonyl (C=O) groups is 1. The summed E-state index contributed by atoms with van der Waals surface area (Å²) < 4.78 is 11.7. The number of carbonyl (C=O) groups excluding carboxylic acids is 1. The van der Waals surface area contributed by atoms with Crippen LogP contribution in [0.2, 0.25) is 5.02 Å². The summed E-state index contributed by atoms with van der Waals surface area (Å²) in [6.07, 6.45) is 3.48. The third-order valence-corrected chi connectivity index (χ3v) is 5.26. The van der Waals surface area contributed by atoms with Gasteiger partial charge in [-0.1, -0.05) is 23.7 Å². The number of nitrogens with zero attached hydrogens (tertiary/aromatic N) is 4. The van der Waals surface area contributed by atoms with Crippen molar-refractivity contribution in [3.63, 3.8) is 0 Å². The van der Waals surface area contributed by atoms with Gasteiger partial charge in [-0.05, 0) is 31.9 Å². The van der Waals surface area contributed by atoms with E-state index in [1.165, 1.54) is 6.20 Å². The topological polar surface area (TPSA) is 67.8 Å². The quantitative estimate of drug-likeness (QED) is 0.765. The number of likely N-dealkylation sites (N-methyl/N-ethyl adjacent to an activating group) is 1. The molecule has 0 spiro atoms. The maximum absolute atomic E-state index is 13.1. The van der Waals surface area contributed by atoms with Crippen molar-refractivity contribution in [2.24, 2.45) is 0 Å². The van der Waals surface area contributed by atoms with Crippen molar-refractivity contribution in [2.75, 3.05) is 37.7 Å². The van der Waals surface area contributed by atoms with Gasteiger partial charge in [0.1, 0.15) is 6.61 Å². The lowest BCUT2D eigenvalue weighted by Crippen LogP contribution is -2.44. The molecule has 0 radical (unpaired) electrons. The number of amides is 1. The summed E-state index contributed by atoms with van der Waals surface area (Å²) in [5.74, 6) is 1.76. The number of halogens is 1. The smallest absolute Gasteiger partial charge is 0.274 e.